The summed E-state index contributed by atoms with van der Waals surface area (Å²) in [5, 5.41) is 6.72. The first-order valence-corrected chi connectivity index (χ1v) is 20.7. The van der Waals surface area contributed by atoms with Crippen molar-refractivity contribution < 1.29 is 8.83 Å². The summed E-state index contributed by atoms with van der Waals surface area (Å²) in [6, 6.07) is 79.8. The molecule has 10 aromatic carbocycles. The highest BCUT2D eigenvalue weighted by Crippen LogP contribution is 2.45. The van der Waals surface area contributed by atoms with Gasteiger partial charge in [0.2, 0.25) is 0 Å². The van der Waals surface area contributed by atoms with E-state index in [1.54, 1.807) is 0 Å². The third-order valence-electron chi connectivity index (χ3n) is 12.1. The molecule has 0 spiro atoms. The molecule has 0 aliphatic heterocycles. The van der Waals surface area contributed by atoms with Gasteiger partial charge in [0, 0.05) is 55.0 Å². The maximum Gasteiger partial charge on any atom is 0.143 e. The van der Waals surface area contributed by atoms with Gasteiger partial charge in [-0.15, -0.1) is 0 Å². The number of benzene rings is 10. The molecular formula is C58H37NO2. The van der Waals surface area contributed by atoms with Gasteiger partial charge in [0.15, 0.2) is 0 Å². The van der Waals surface area contributed by atoms with Crippen molar-refractivity contribution in [2.45, 2.75) is 0 Å². The van der Waals surface area contributed by atoms with E-state index >= 15 is 0 Å². The zero-order valence-corrected chi connectivity index (χ0v) is 33.1. The van der Waals surface area contributed by atoms with E-state index in [9.17, 15) is 0 Å². The van der Waals surface area contributed by atoms with E-state index in [1.807, 2.05) is 6.07 Å². The second-order valence-electron chi connectivity index (χ2n) is 15.6. The van der Waals surface area contributed by atoms with Gasteiger partial charge in [-0.2, -0.15) is 0 Å². The monoisotopic (exact) mass is 779 g/mol. The first kappa shape index (κ1) is 34.9. The van der Waals surface area contributed by atoms with Crippen LogP contribution in [0.25, 0.3) is 99.2 Å². The summed E-state index contributed by atoms with van der Waals surface area (Å²) in [4.78, 5) is 2.38. The second-order valence-corrected chi connectivity index (χ2v) is 15.6. The Morgan fingerprint density at radius 1 is 0.279 bits per heavy atom. The van der Waals surface area contributed by atoms with Crippen molar-refractivity contribution in [3.05, 3.63) is 224 Å². The van der Waals surface area contributed by atoms with Crippen LogP contribution in [0, 0.1) is 0 Å². The molecule has 0 aliphatic carbocycles. The van der Waals surface area contributed by atoms with Gasteiger partial charge in [-0.05, 0) is 81.7 Å². The van der Waals surface area contributed by atoms with Crippen molar-refractivity contribution in [3.8, 4) is 44.5 Å². The molecular weight excluding hydrogens is 743 g/mol. The molecule has 12 rings (SSSR count). The summed E-state index contributed by atoms with van der Waals surface area (Å²) in [6.45, 7) is 0. The molecule has 2 aromatic heterocycles. The van der Waals surface area contributed by atoms with Crippen molar-refractivity contribution >= 4 is 71.7 Å². The summed E-state index contributed by atoms with van der Waals surface area (Å²) in [7, 11) is 0. The molecule has 0 bridgehead atoms. The van der Waals surface area contributed by atoms with Crippen LogP contribution in [-0.2, 0) is 0 Å². The van der Waals surface area contributed by atoms with Crippen molar-refractivity contribution in [3.63, 3.8) is 0 Å². The smallest absolute Gasteiger partial charge is 0.143 e. The summed E-state index contributed by atoms with van der Waals surface area (Å²) in [5.74, 6) is 0. The molecule has 0 saturated heterocycles. The zero-order chi connectivity index (χ0) is 40.3. The van der Waals surface area contributed by atoms with Gasteiger partial charge >= 0.3 is 0 Å². The van der Waals surface area contributed by atoms with E-state index in [1.165, 1.54) is 16.5 Å². The van der Waals surface area contributed by atoms with E-state index in [4.69, 9.17) is 8.83 Å². The van der Waals surface area contributed by atoms with Crippen LogP contribution in [0.3, 0.4) is 0 Å². The van der Waals surface area contributed by atoms with Crippen LogP contribution in [-0.4, -0.2) is 0 Å². The minimum atomic E-state index is 0.879. The van der Waals surface area contributed by atoms with Crippen LogP contribution >= 0.6 is 0 Å². The van der Waals surface area contributed by atoms with Gasteiger partial charge in [0.1, 0.15) is 22.3 Å². The lowest BCUT2D eigenvalue weighted by atomic mass is 9.98. The van der Waals surface area contributed by atoms with Gasteiger partial charge in [-0.25, -0.2) is 0 Å². The minimum absolute atomic E-state index is 0.879. The molecule has 0 N–H and O–H groups in total. The number of nitrogens with zero attached hydrogens (tertiary/aromatic N) is 1. The molecule has 0 amide bonds. The Morgan fingerprint density at radius 2 is 0.836 bits per heavy atom. The first-order valence-electron chi connectivity index (χ1n) is 20.7. The highest BCUT2D eigenvalue weighted by Gasteiger charge is 2.21. The summed E-state index contributed by atoms with van der Waals surface area (Å²) < 4.78 is 13.4. The number of para-hydroxylation sites is 3. The highest BCUT2D eigenvalue weighted by atomic mass is 16.3. The van der Waals surface area contributed by atoms with E-state index in [2.05, 4.69) is 223 Å². The molecule has 0 atom stereocenters. The average molecular weight is 780 g/mol. The molecule has 3 heteroatoms. The van der Waals surface area contributed by atoms with Crippen molar-refractivity contribution in [1.29, 1.82) is 0 Å². The van der Waals surface area contributed by atoms with Gasteiger partial charge in [0.25, 0.3) is 0 Å². The highest BCUT2D eigenvalue weighted by molar-refractivity contribution is 6.16. The lowest BCUT2D eigenvalue weighted by Crippen LogP contribution is -2.11. The molecule has 0 fully saturated rings. The molecule has 286 valence electrons. The standard InChI is InChI=1S/C58H37NO2/c1-3-14-38(15-4-1)39-28-32-44(33-29-39)59(54-27-10-9-21-46(54)43-31-35-55-53(37-43)52-34-30-41-18-7-8-22-47(41)56(52)60-55)45-20-11-19-42(36-45)49-24-13-26-51-50-25-12-23-48(57(50)61-58(49)51)40-16-5-2-6-17-40/h1-37H. The van der Waals surface area contributed by atoms with Crippen LogP contribution < -0.4 is 4.90 Å². The Kier molecular flexibility index (Phi) is 8.17. The van der Waals surface area contributed by atoms with Crippen molar-refractivity contribution in [1.82, 2.24) is 0 Å². The van der Waals surface area contributed by atoms with Crippen LogP contribution in [0.5, 0.6) is 0 Å². The third kappa shape index (κ3) is 5.90. The minimum Gasteiger partial charge on any atom is -0.455 e. The van der Waals surface area contributed by atoms with E-state index in [-0.39, 0.29) is 0 Å². The normalized spacial score (nSPS) is 11.6. The largest absolute Gasteiger partial charge is 0.455 e. The Morgan fingerprint density at radius 3 is 1.62 bits per heavy atom. The fourth-order valence-corrected chi connectivity index (χ4v) is 9.15. The topological polar surface area (TPSA) is 29.5 Å². The van der Waals surface area contributed by atoms with E-state index in [0.29, 0.717) is 0 Å². The fourth-order valence-electron chi connectivity index (χ4n) is 9.15. The van der Waals surface area contributed by atoms with Crippen LogP contribution in [0.15, 0.2) is 233 Å². The Balaban J connectivity index is 1.03. The molecule has 0 radical (unpaired) electrons. The van der Waals surface area contributed by atoms with Gasteiger partial charge < -0.3 is 13.7 Å². The molecule has 0 aliphatic rings. The molecule has 2 heterocycles. The van der Waals surface area contributed by atoms with Gasteiger partial charge in [-0.3, -0.25) is 0 Å². The number of furan rings is 2. The molecule has 12 aromatic rings. The summed E-state index contributed by atoms with van der Waals surface area (Å²) in [6.07, 6.45) is 0. The van der Waals surface area contributed by atoms with Crippen LogP contribution in [0.2, 0.25) is 0 Å². The number of fused-ring (bicyclic) bond motifs is 8. The summed E-state index contributed by atoms with van der Waals surface area (Å²) in [5.41, 5.74) is 15.7. The number of hydrogen-bond donors (Lipinski definition) is 0. The Labute approximate surface area is 353 Å². The zero-order valence-electron chi connectivity index (χ0n) is 33.1. The maximum absolute atomic E-state index is 6.89. The average Bonchev–Trinajstić information content (AvgIpc) is 3.91. The van der Waals surface area contributed by atoms with Gasteiger partial charge in [-0.1, -0.05) is 176 Å². The van der Waals surface area contributed by atoms with Crippen LogP contribution in [0.4, 0.5) is 17.1 Å². The van der Waals surface area contributed by atoms with E-state index < -0.39 is 0 Å². The van der Waals surface area contributed by atoms with Gasteiger partial charge in [0.05, 0.1) is 5.69 Å². The Hall–Kier alpha value is -8.14. The van der Waals surface area contributed by atoms with Crippen molar-refractivity contribution in [2.75, 3.05) is 4.90 Å². The SMILES string of the molecule is c1ccc(-c2ccc(N(c3cccc(-c4cccc5c4oc4c(-c6ccccc6)cccc45)c3)c3ccccc3-c3ccc4oc5c6ccccc6ccc5c4c3)cc2)cc1. The van der Waals surface area contributed by atoms with Crippen molar-refractivity contribution in [2.24, 2.45) is 0 Å². The number of hydrogen-bond acceptors (Lipinski definition) is 3. The predicted molar refractivity (Wildman–Crippen MR) is 255 cm³/mol. The van der Waals surface area contributed by atoms with Crippen LogP contribution in [0.1, 0.15) is 0 Å². The first-order chi connectivity index (χ1) is 30.2. The molecule has 3 nitrogen and oxygen atoms in total. The van der Waals surface area contributed by atoms with E-state index in [0.717, 1.165) is 99.7 Å². The quantitative estimate of drug-likeness (QED) is 0.161. The third-order valence-corrected chi connectivity index (χ3v) is 12.1. The molecule has 0 unspecified atom stereocenters. The Bertz CT molecular complexity index is 3580. The molecule has 61 heavy (non-hydrogen) atoms. The second kappa shape index (κ2) is 14.3. The lowest BCUT2D eigenvalue weighted by molar-refractivity contribution is 0.671. The fraction of sp³-hybridized carbons (Fsp3) is 0. The maximum atomic E-state index is 6.89. The predicted octanol–water partition coefficient (Wildman–Crippen LogP) is 16.8. The molecule has 0 saturated carbocycles. The number of anilines is 3. The lowest BCUT2D eigenvalue weighted by Gasteiger charge is -2.28. The summed E-state index contributed by atoms with van der Waals surface area (Å²) >= 11 is 0. The number of rotatable bonds is 7.